The van der Waals surface area contributed by atoms with E-state index in [-0.39, 0.29) is 80.0 Å². The van der Waals surface area contributed by atoms with Gasteiger partial charge < -0.3 is 35.3 Å². The van der Waals surface area contributed by atoms with Gasteiger partial charge in [-0.2, -0.15) is 0 Å². The van der Waals surface area contributed by atoms with Crippen LogP contribution in [0.5, 0.6) is 5.75 Å². The molecule has 264 valence electrons. The van der Waals surface area contributed by atoms with Crippen molar-refractivity contribution in [2.45, 2.75) is 58.1 Å². The molecule has 0 bridgehead atoms. The van der Waals surface area contributed by atoms with Gasteiger partial charge in [0.1, 0.15) is 17.4 Å². The monoisotopic (exact) mass is 703 g/mol. The van der Waals surface area contributed by atoms with Gasteiger partial charge in [0.15, 0.2) is 0 Å². The molecule has 1 atom stereocenters. The summed E-state index contributed by atoms with van der Waals surface area (Å²) in [5, 5.41) is 4.86. The normalized spacial score (nSPS) is 14.5. The second kappa shape index (κ2) is 16.4. The van der Waals surface area contributed by atoms with Gasteiger partial charge in [-0.1, -0.05) is 26.0 Å². The molecule has 1 fully saturated rings. The van der Waals surface area contributed by atoms with Gasteiger partial charge >= 0.3 is 6.36 Å². The van der Waals surface area contributed by atoms with E-state index >= 15 is 0 Å². The van der Waals surface area contributed by atoms with Crippen molar-refractivity contribution < 1.29 is 45.8 Å². The zero-order valence-corrected chi connectivity index (χ0v) is 27.5. The Kier molecular flexibility index (Phi) is 13.2. The molecule has 2 heterocycles. The van der Waals surface area contributed by atoms with Gasteiger partial charge in [0.25, 0.3) is 5.91 Å². The van der Waals surface area contributed by atoms with E-state index in [0.717, 1.165) is 12.1 Å². The average Bonchev–Trinajstić information content (AvgIpc) is 3.43. The Balaban J connectivity index is 0.00000625. The highest BCUT2D eigenvalue weighted by Crippen LogP contribution is 2.38. The summed E-state index contributed by atoms with van der Waals surface area (Å²) in [6.45, 7) is 3.92. The average molecular weight is 704 g/mol. The lowest BCUT2D eigenvalue weighted by molar-refractivity contribution is -0.274. The molecule has 2 aromatic carbocycles. The van der Waals surface area contributed by atoms with Crippen molar-refractivity contribution in [3.63, 3.8) is 0 Å². The fourth-order valence-corrected chi connectivity index (χ4v) is 5.54. The molecular weight excluding hydrogens is 665 g/mol. The fourth-order valence-electron chi connectivity index (χ4n) is 5.54. The lowest BCUT2D eigenvalue weighted by atomic mass is 9.88. The predicted octanol–water partition coefficient (Wildman–Crippen LogP) is 4.62. The van der Waals surface area contributed by atoms with Crippen LogP contribution in [0.1, 0.15) is 54.1 Å². The topological polar surface area (TPSA) is 128 Å². The van der Waals surface area contributed by atoms with Gasteiger partial charge in [-0.3, -0.25) is 14.4 Å². The van der Waals surface area contributed by atoms with Crippen molar-refractivity contribution in [3.05, 3.63) is 64.9 Å². The molecule has 0 aliphatic carbocycles. The van der Waals surface area contributed by atoms with E-state index in [1.165, 1.54) is 34.9 Å². The summed E-state index contributed by atoms with van der Waals surface area (Å²) >= 11 is 0. The molecule has 1 aliphatic rings. The van der Waals surface area contributed by atoms with Crippen molar-refractivity contribution in [1.82, 2.24) is 20.1 Å². The number of likely N-dealkylation sites (tertiary alicyclic amines) is 1. The van der Waals surface area contributed by atoms with E-state index < -0.39 is 47.5 Å². The van der Waals surface area contributed by atoms with Crippen molar-refractivity contribution >= 4 is 41.0 Å². The number of piperidine rings is 1. The second-order valence-corrected chi connectivity index (χ2v) is 11.7. The number of nitrogens with one attached hydrogen (secondary N) is 2. The first-order chi connectivity index (χ1) is 22.2. The Hall–Kier alpha value is -3.95. The maximum absolute atomic E-state index is 14.9. The molecule has 48 heavy (non-hydrogen) atoms. The minimum atomic E-state index is -5.07. The summed E-state index contributed by atoms with van der Waals surface area (Å²) in [6.07, 6.45) is -3.07. The van der Waals surface area contributed by atoms with E-state index in [1.54, 1.807) is 19.9 Å². The first-order valence-corrected chi connectivity index (χ1v) is 15.1. The first-order valence-electron chi connectivity index (χ1n) is 15.1. The summed E-state index contributed by atoms with van der Waals surface area (Å²) in [7, 11) is 1.41. The molecule has 0 saturated carbocycles. The van der Waals surface area contributed by atoms with Crippen molar-refractivity contribution in [2.24, 2.45) is 11.7 Å². The number of amides is 3. The van der Waals surface area contributed by atoms with Crippen LogP contribution in [0, 0.1) is 17.6 Å². The maximum atomic E-state index is 14.9. The number of nitrogens with zero attached hydrogens (tertiary/aromatic N) is 2. The Morgan fingerprint density at radius 3 is 2.33 bits per heavy atom. The highest BCUT2D eigenvalue weighted by molar-refractivity contribution is 6.09. The SMILES string of the molecule is COCCn1cc(C(=O)N2CCC(c3cc(CNC(=O)CNC(=O)C(N)C(C)C)ccc3F)CC2)c2c(OC(F)(F)F)ccc(F)c21.Cl. The Morgan fingerprint density at radius 2 is 1.71 bits per heavy atom. The minimum Gasteiger partial charge on any atom is -0.405 e. The number of aromatic nitrogens is 1. The Morgan fingerprint density at radius 1 is 1.04 bits per heavy atom. The number of rotatable bonds is 12. The van der Waals surface area contributed by atoms with Crippen LogP contribution in [0.15, 0.2) is 36.5 Å². The fraction of sp³-hybridized carbons (Fsp3) is 0.469. The molecule has 3 aromatic rings. The summed E-state index contributed by atoms with van der Waals surface area (Å²) in [4.78, 5) is 39.4. The number of ether oxygens (including phenoxy) is 2. The smallest absolute Gasteiger partial charge is 0.405 e. The van der Waals surface area contributed by atoms with Crippen LogP contribution in [0.4, 0.5) is 22.0 Å². The van der Waals surface area contributed by atoms with E-state index in [0.29, 0.717) is 24.0 Å². The molecule has 16 heteroatoms. The van der Waals surface area contributed by atoms with Crippen molar-refractivity contribution in [3.8, 4) is 5.75 Å². The van der Waals surface area contributed by atoms with Gasteiger partial charge in [0, 0.05) is 39.5 Å². The van der Waals surface area contributed by atoms with Gasteiger partial charge in [0.05, 0.1) is 35.7 Å². The zero-order chi connectivity index (χ0) is 34.5. The highest BCUT2D eigenvalue weighted by atomic mass is 35.5. The third kappa shape index (κ3) is 9.35. The predicted molar refractivity (Wildman–Crippen MR) is 170 cm³/mol. The number of carbonyl (C=O) groups excluding carboxylic acids is 3. The third-order valence-electron chi connectivity index (χ3n) is 8.14. The molecule has 10 nitrogen and oxygen atoms in total. The Bertz CT molecular complexity index is 1610. The van der Waals surface area contributed by atoms with Gasteiger partial charge in [-0.25, -0.2) is 8.78 Å². The number of carbonyl (C=O) groups is 3. The summed E-state index contributed by atoms with van der Waals surface area (Å²) in [5.74, 6) is -3.85. The highest BCUT2D eigenvalue weighted by Gasteiger charge is 2.35. The standard InChI is InChI=1S/C32H38F5N5O5.ClH/c1-18(2)28(38)30(44)40-16-26(43)39-15-19-4-5-23(33)21(14-19)20-8-10-41(11-9-20)31(45)22-17-42(12-13-46-3)29-24(34)6-7-25(27(22)29)47-32(35,36)37;/h4-7,14,17-18,20,28H,8-13,15-16,38H2,1-3H3,(H,39,43)(H,40,44);1H. The van der Waals surface area contributed by atoms with Crippen LogP contribution in [-0.4, -0.2) is 72.9 Å². The van der Waals surface area contributed by atoms with Crippen LogP contribution in [-0.2, 0) is 27.4 Å². The van der Waals surface area contributed by atoms with Crippen LogP contribution in [0.2, 0.25) is 0 Å². The van der Waals surface area contributed by atoms with E-state index in [4.69, 9.17) is 10.5 Å². The first kappa shape index (κ1) is 38.5. The number of methoxy groups -OCH3 is 1. The summed E-state index contributed by atoms with van der Waals surface area (Å²) < 4.78 is 80.1. The quantitative estimate of drug-likeness (QED) is 0.236. The molecular formula is C32H39ClF5N5O5. The largest absolute Gasteiger partial charge is 0.573 e. The second-order valence-electron chi connectivity index (χ2n) is 11.7. The number of fused-ring (bicyclic) bond motifs is 1. The number of benzene rings is 2. The van der Waals surface area contributed by atoms with Gasteiger partial charge in [-0.05, 0) is 54.0 Å². The molecule has 0 spiro atoms. The minimum absolute atomic E-state index is 0. The van der Waals surface area contributed by atoms with E-state index in [2.05, 4.69) is 15.4 Å². The third-order valence-corrected chi connectivity index (χ3v) is 8.14. The van der Waals surface area contributed by atoms with Gasteiger partial charge in [-0.15, -0.1) is 25.6 Å². The molecule has 4 N–H and O–H groups in total. The lowest BCUT2D eigenvalue weighted by Gasteiger charge is -2.32. The molecule has 1 aromatic heterocycles. The summed E-state index contributed by atoms with van der Waals surface area (Å²) in [5.41, 5.74) is 6.44. The number of nitrogens with two attached hydrogens (primary N) is 1. The molecule has 3 amide bonds. The number of halogens is 6. The molecule has 4 rings (SSSR count). The number of hydrogen-bond donors (Lipinski definition) is 3. The maximum Gasteiger partial charge on any atom is 0.573 e. The number of alkyl halides is 3. The van der Waals surface area contributed by atoms with E-state index in [1.807, 2.05) is 0 Å². The summed E-state index contributed by atoms with van der Waals surface area (Å²) in [6, 6.07) is 5.41. The van der Waals surface area contributed by atoms with Crippen LogP contribution < -0.4 is 21.1 Å². The molecule has 1 aliphatic heterocycles. The Labute approximate surface area is 280 Å². The van der Waals surface area contributed by atoms with Gasteiger partial charge in [0.2, 0.25) is 11.8 Å². The number of hydrogen-bond acceptors (Lipinski definition) is 6. The zero-order valence-electron chi connectivity index (χ0n) is 26.7. The van der Waals surface area contributed by atoms with Crippen molar-refractivity contribution in [1.29, 1.82) is 0 Å². The van der Waals surface area contributed by atoms with Crippen LogP contribution in [0.25, 0.3) is 10.9 Å². The van der Waals surface area contributed by atoms with Crippen molar-refractivity contribution in [2.75, 3.05) is 33.4 Å². The van der Waals surface area contributed by atoms with Crippen LogP contribution in [0.3, 0.4) is 0 Å². The van der Waals surface area contributed by atoms with Crippen LogP contribution >= 0.6 is 12.4 Å². The molecule has 1 unspecified atom stereocenters. The molecule has 0 radical (unpaired) electrons. The van der Waals surface area contributed by atoms with E-state index in [9.17, 15) is 36.3 Å². The lowest BCUT2D eigenvalue weighted by Crippen LogP contribution is -2.47. The molecule has 1 saturated heterocycles.